The van der Waals surface area contributed by atoms with E-state index in [0.29, 0.717) is 18.0 Å². The molecular weight excluding hydrogens is 316 g/mol. The van der Waals surface area contributed by atoms with Gasteiger partial charge in [-0.15, -0.1) is 0 Å². The molecule has 3 aliphatic rings. The molecule has 1 saturated carbocycles. The van der Waals surface area contributed by atoms with Gasteiger partial charge < -0.3 is 14.2 Å². The monoisotopic (exact) mass is 340 g/mol. The van der Waals surface area contributed by atoms with Crippen molar-refractivity contribution in [2.75, 3.05) is 37.7 Å². The summed E-state index contributed by atoms with van der Waals surface area (Å²) >= 11 is 0. The highest BCUT2D eigenvalue weighted by Crippen LogP contribution is 2.36. The minimum atomic E-state index is 0.345. The summed E-state index contributed by atoms with van der Waals surface area (Å²) in [6.07, 6.45) is 3.65. The van der Waals surface area contributed by atoms with Crippen molar-refractivity contribution >= 4 is 5.95 Å². The predicted octanol–water partition coefficient (Wildman–Crippen LogP) is 2.60. The fourth-order valence-electron chi connectivity index (χ4n) is 4.16. The van der Waals surface area contributed by atoms with Crippen molar-refractivity contribution in [2.24, 2.45) is 0 Å². The van der Waals surface area contributed by atoms with Crippen molar-refractivity contribution in [3.05, 3.63) is 41.8 Å². The Bertz CT molecular complexity index is 715. The second-order valence-corrected chi connectivity index (χ2v) is 7.36. The number of benzene rings is 1. The number of rotatable bonds is 3. The topological polar surface area (TPSA) is 54.6 Å². The third-order valence-electron chi connectivity index (χ3n) is 5.87. The smallest absolute Gasteiger partial charge is 0.266 e. The maximum Gasteiger partial charge on any atom is 0.266 e. The van der Waals surface area contributed by atoms with Crippen LogP contribution in [0.2, 0.25) is 0 Å². The molecule has 0 unspecified atom stereocenters. The number of hydrogen-bond donors (Lipinski definition) is 0. The maximum absolute atomic E-state index is 5.93. The van der Waals surface area contributed by atoms with E-state index in [4.69, 9.17) is 9.26 Å². The van der Waals surface area contributed by atoms with Gasteiger partial charge in [0.2, 0.25) is 5.89 Å². The number of aromatic nitrogens is 2. The van der Waals surface area contributed by atoms with Gasteiger partial charge in [0.15, 0.2) is 0 Å². The van der Waals surface area contributed by atoms with E-state index in [1.807, 2.05) is 0 Å². The standard InChI is InChI=1S/C19H24N4O2/c1-2-5-14(6-3-1)17-13-24-12-16-11-22(9-10-23(16)17)19-20-18(25-21-19)15-7-4-8-15/h1-3,5-6,15-17H,4,7-13H2/t16-,17-/m1/s1. The van der Waals surface area contributed by atoms with Crippen LogP contribution in [0, 0.1) is 0 Å². The Kier molecular flexibility index (Phi) is 3.94. The number of morpholine rings is 1. The fraction of sp³-hybridized carbons (Fsp3) is 0.579. The lowest BCUT2D eigenvalue weighted by atomic mass is 9.85. The van der Waals surface area contributed by atoms with E-state index in [9.17, 15) is 0 Å². The SMILES string of the molecule is c1ccc([C@H]2COC[C@H]3CN(c4noc(C5CCC5)n4)CCN32)cc1. The van der Waals surface area contributed by atoms with Crippen LogP contribution in [0.25, 0.3) is 0 Å². The molecule has 3 heterocycles. The molecule has 6 heteroatoms. The van der Waals surface area contributed by atoms with Crippen LogP contribution in [0.15, 0.2) is 34.9 Å². The Morgan fingerprint density at radius 3 is 2.72 bits per heavy atom. The van der Waals surface area contributed by atoms with Crippen LogP contribution < -0.4 is 4.90 Å². The third kappa shape index (κ3) is 2.83. The maximum atomic E-state index is 5.93. The van der Waals surface area contributed by atoms with E-state index in [2.05, 4.69) is 50.3 Å². The van der Waals surface area contributed by atoms with Crippen LogP contribution in [0.3, 0.4) is 0 Å². The molecular formula is C19H24N4O2. The van der Waals surface area contributed by atoms with Crippen LogP contribution in [-0.2, 0) is 4.74 Å². The summed E-state index contributed by atoms with van der Waals surface area (Å²) < 4.78 is 11.4. The molecule has 5 rings (SSSR count). The first-order valence-electron chi connectivity index (χ1n) is 9.35. The molecule has 25 heavy (non-hydrogen) atoms. The van der Waals surface area contributed by atoms with Crippen molar-refractivity contribution in [1.29, 1.82) is 0 Å². The molecule has 2 aliphatic heterocycles. The first-order valence-corrected chi connectivity index (χ1v) is 9.35. The van der Waals surface area contributed by atoms with Crippen LogP contribution in [0.1, 0.15) is 42.7 Å². The molecule has 3 fully saturated rings. The predicted molar refractivity (Wildman–Crippen MR) is 93.6 cm³/mol. The van der Waals surface area contributed by atoms with Gasteiger partial charge in [-0.3, -0.25) is 4.90 Å². The molecule has 2 atom stereocenters. The molecule has 1 aromatic heterocycles. The van der Waals surface area contributed by atoms with E-state index >= 15 is 0 Å². The molecule has 0 bridgehead atoms. The lowest BCUT2D eigenvalue weighted by Crippen LogP contribution is -2.59. The van der Waals surface area contributed by atoms with Crippen molar-refractivity contribution < 1.29 is 9.26 Å². The summed E-state index contributed by atoms with van der Waals surface area (Å²) in [5.74, 6) is 2.07. The molecule has 6 nitrogen and oxygen atoms in total. The van der Waals surface area contributed by atoms with Crippen LogP contribution in [-0.4, -0.2) is 53.9 Å². The van der Waals surface area contributed by atoms with E-state index in [0.717, 1.165) is 44.7 Å². The summed E-state index contributed by atoms with van der Waals surface area (Å²) in [4.78, 5) is 9.50. The quantitative estimate of drug-likeness (QED) is 0.856. The molecule has 0 N–H and O–H groups in total. The molecule has 0 spiro atoms. The van der Waals surface area contributed by atoms with Crippen molar-refractivity contribution in [2.45, 2.75) is 37.3 Å². The summed E-state index contributed by atoms with van der Waals surface area (Å²) in [5, 5.41) is 4.24. The lowest BCUT2D eigenvalue weighted by molar-refractivity contribution is -0.0549. The highest BCUT2D eigenvalue weighted by Gasteiger charge is 2.37. The largest absolute Gasteiger partial charge is 0.378 e. The van der Waals surface area contributed by atoms with Gasteiger partial charge >= 0.3 is 0 Å². The third-order valence-corrected chi connectivity index (χ3v) is 5.87. The van der Waals surface area contributed by atoms with Crippen LogP contribution in [0.5, 0.6) is 0 Å². The van der Waals surface area contributed by atoms with E-state index < -0.39 is 0 Å². The molecule has 132 valence electrons. The molecule has 0 radical (unpaired) electrons. The van der Waals surface area contributed by atoms with Crippen molar-refractivity contribution in [1.82, 2.24) is 15.0 Å². The second-order valence-electron chi connectivity index (χ2n) is 7.36. The van der Waals surface area contributed by atoms with Crippen molar-refractivity contribution in [3.63, 3.8) is 0 Å². The number of piperazine rings is 1. The number of anilines is 1. The lowest BCUT2D eigenvalue weighted by Gasteiger charge is -2.47. The van der Waals surface area contributed by atoms with Crippen molar-refractivity contribution in [3.8, 4) is 0 Å². The highest BCUT2D eigenvalue weighted by atomic mass is 16.5. The number of hydrogen-bond acceptors (Lipinski definition) is 6. The van der Waals surface area contributed by atoms with Gasteiger partial charge in [0.1, 0.15) is 0 Å². The molecule has 2 saturated heterocycles. The van der Waals surface area contributed by atoms with E-state index in [1.165, 1.54) is 24.8 Å². The number of nitrogens with zero attached hydrogens (tertiary/aromatic N) is 4. The Morgan fingerprint density at radius 1 is 1.04 bits per heavy atom. The van der Waals surface area contributed by atoms with Gasteiger partial charge in [0.05, 0.1) is 25.3 Å². The Labute approximate surface area is 147 Å². The van der Waals surface area contributed by atoms with Gasteiger partial charge in [0, 0.05) is 25.6 Å². The summed E-state index contributed by atoms with van der Waals surface area (Å²) in [6.45, 7) is 4.37. The fourth-order valence-corrected chi connectivity index (χ4v) is 4.16. The van der Waals surface area contributed by atoms with Crippen LogP contribution in [0.4, 0.5) is 5.95 Å². The zero-order valence-electron chi connectivity index (χ0n) is 14.4. The zero-order valence-corrected chi connectivity index (χ0v) is 14.4. The number of fused-ring (bicyclic) bond motifs is 1. The average molecular weight is 340 g/mol. The summed E-state index contributed by atoms with van der Waals surface area (Å²) in [5.41, 5.74) is 1.34. The minimum Gasteiger partial charge on any atom is -0.378 e. The zero-order chi connectivity index (χ0) is 16.6. The summed E-state index contributed by atoms with van der Waals surface area (Å²) in [7, 11) is 0. The van der Waals surface area contributed by atoms with E-state index in [-0.39, 0.29) is 0 Å². The first-order chi connectivity index (χ1) is 12.4. The van der Waals surface area contributed by atoms with Crippen LogP contribution >= 0.6 is 0 Å². The van der Waals surface area contributed by atoms with Gasteiger partial charge in [-0.1, -0.05) is 36.8 Å². The molecule has 0 amide bonds. The second kappa shape index (κ2) is 6.42. The normalized spacial score (nSPS) is 27.8. The van der Waals surface area contributed by atoms with Gasteiger partial charge in [-0.2, -0.15) is 4.98 Å². The summed E-state index contributed by atoms with van der Waals surface area (Å²) in [6, 6.07) is 11.4. The minimum absolute atomic E-state index is 0.345. The molecule has 1 aliphatic carbocycles. The van der Waals surface area contributed by atoms with Gasteiger partial charge in [0.25, 0.3) is 5.95 Å². The van der Waals surface area contributed by atoms with E-state index in [1.54, 1.807) is 0 Å². The van der Waals surface area contributed by atoms with Gasteiger partial charge in [-0.05, 0) is 23.6 Å². The average Bonchev–Trinajstić information content (AvgIpc) is 3.09. The Hall–Kier alpha value is -1.92. The highest BCUT2D eigenvalue weighted by molar-refractivity contribution is 5.31. The Balaban J connectivity index is 1.30. The Morgan fingerprint density at radius 2 is 1.92 bits per heavy atom. The van der Waals surface area contributed by atoms with Gasteiger partial charge in [-0.25, -0.2) is 0 Å². The molecule has 2 aromatic rings. The molecule has 1 aromatic carbocycles. The first kappa shape index (κ1) is 15.3. The number of ether oxygens (including phenoxy) is 1.